The minimum atomic E-state index is -1.72. The van der Waals surface area contributed by atoms with Gasteiger partial charge in [0.05, 0.1) is 0 Å². The van der Waals surface area contributed by atoms with E-state index in [9.17, 15) is 0 Å². The lowest BCUT2D eigenvalue weighted by molar-refractivity contribution is 0.319. The number of rotatable bonds is 2. The number of fused-ring (bicyclic) bond motifs is 1. The molecule has 1 aromatic carbocycles. The van der Waals surface area contributed by atoms with Crippen molar-refractivity contribution in [3.63, 3.8) is 0 Å². The van der Waals surface area contributed by atoms with Gasteiger partial charge in [0, 0.05) is 6.07 Å². The fourth-order valence-corrected chi connectivity index (χ4v) is 1.32. The van der Waals surface area contributed by atoms with E-state index in [0.29, 0.717) is 16.8 Å². The van der Waals surface area contributed by atoms with Crippen molar-refractivity contribution in [1.29, 1.82) is 0 Å². The van der Waals surface area contributed by atoms with Crippen LogP contribution in [0, 0.1) is 0 Å². The molecule has 0 saturated carbocycles. The zero-order chi connectivity index (χ0) is 11.1. The number of halogens is 1. The van der Waals surface area contributed by atoms with Gasteiger partial charge in [-0.05, 0) is 29.0 Å². The Morgan fingerprint density at radius 3 is 2.73 bits per heavy atom. The first-order valence-corrected chi connectivity index (χ1v) is 4.43. The first-order valence-electron chi connectivity index (χ1n) is 4.06. The number of oxazole rings is 1. The van der Waals surface area contributed by atoms with Crippen LogP contribution in [-0.2, 0) is 0 Å². The summed E-state index contributed by atoms with van der Waals surface area (Å²) in [5.74, 6) is 0.389. The Labute approximate surface area is 95.4 Å². The highest BCUT2D eigenvalue weighted by atomic mass is 35.5. The molecule has 0 amide bonds. The first-order chi connectivity index (χ1) is 6.94. The second kappa shape index (κ2) is 3.52. The van der Waals surface area contributed by atoms with Crippen molar-refractivity contribution in [3.8, 4) is 5.75 Å². The number of nitrogens with zero attached hydrogens (tertiary/aromatic N) is 1. The van der Waals surface area contributed by atoms with E-state index < -0.39 is 5.30 Å². The lowest BCUT2D eigenvalue weighted by Gasteiger charge is -2.22. The van der Waals surface area contributed by atoms with E-state index in [1.165, 1.54) is 0 Å². The van der Waals surface area contributed by atoms with Crippen LogP contribution in [0.25, 0.3) is 11.1 Å². The van der Waals surface area contributed by atoms with Crippen LogP contribution in [0.1, 0.15) is 0 Å². The maximum atomic E-state index is 5.58. The summed E-state index contributed by atoms with van der Waals surface area (Å²) in [7, 11) is 15.8. The molecule has 0 aliphatic carbocycles. The maximum Gasteiger partial charge on any atom is 0.293 e. The smallest absolute Gasteiger partial charge is 0.293 e. The molecule has 15 heavy (non-hydrogen) atoms. The Bertz CT molecular complexity index is 494. The van der Waals surface area contributed by atoms with Gasteiger partial charge in [-0.25, -0.2) is 0 Å². The van der Waals surface area contributed by atoms with Crippen molar-refractivity contribution in [2.75, 3.05) is 0 Å². The average Bonchev–Trinajstić information content (AvgIpc) is 2.40. The molecule has 0 spiro atoms. The van der Waals surface area contributed by atoms with Crippen LogP contribution in [0.5, 0.6) is 5.75 Å². The van der Waals surface area contributed by atoms with E-state index in [2.05, 4.69) is 4.98 Å². The lowest BCUT2D eigenvalue weighted by Crippen LogP contribution is -2.37. The van der Waals surface area contributed by atoms with Crippen molar-refractivity contribution >= 4 is 46.2 Å². The topological polar surface area (TPSA) is 35.3 Å². The van der Waals surface area contributed by atoms with Gasteiger partial charge in [-0.2, -0.15) is 4.98 Å². The quantitative estimate of drug-likeness (QED) is 0.697. The van der Waals surface area contributed by atoms with Gasteiger partial charge in [-0.3, -0.25) is 0 Å². The fourth-order valence-electron chi connectivity index (χ4n) is 1.15. The summed E-state index contributed by atoms with van der Waals surface area (Å²) in [5.41, 5.74) is 1.09. The highest BCUT2D eigenvalue weighted by Crippen LogP contribution is 2.24. The van der Waals surface area contributed by atoms with E-state index >= 15 is 0 Å². The number of aromatic nitrogens is 1. The van der Waals surface area contributed by atoms with Crippen LogP contribution in [0.3, 0.4) is 0 Å². The number of benzene rings is 1. The summed E-state index contributed by atoms with van der Waals surface area (Å²) in [6, 6.07) is 4.81. The third kappa shape index (κ3) is 2.51. The third-order valence-electron chi connectivity index (χ3n) is 1.63. The van der Waals surface area contributed by atoms with Gasteiger partial charge in [0.25, 0.3) is 5.35 Å². The fraction of sp³-hybridized carbons (Fsp3) is 0.125. The zero-order valence-corrected chi connectivity index (χ0v) is 8.36. The predicted molar refractivity (Wildman–Crippen MR) is 59.6 cm³/mol. The molecule has 0 saturated heterocycles. The molecule has 68 valence electrons. The zero-order valence-electron chi connectivity index (χ0n) is 7.61. The van der Waals surface area contributed by atoms with Gasteiger partial charge < -0.3 is 9.15 Å². The van der Waals surface area contributed by atoms with E-state index in [4.69, 9.17) is 44.3 Å². The Morgan fingerprint density at radius 2 is 2.07 bits per heavy atom. The molecule has 1 heterocycles. The molecular formula is C8H3B3ClNO2. The Morgan fingerprint density at radius 1 is 1.33 bits per heavy atom. The summed E-state index contributed by atoms with van der Waals surface area (Å²) in [4.78, 5) is 3.90. The van der Waals surface area contributed by atoms with Crippen LogP contribution in [0.15, 0.2) is 22.6 Å². The molecule has 2 rings (SSSR count). The molecule has 0 aliphatic heterocycles. The summed E-state index contributed by atoms with van der Waals surface area (Å²) in [6.07, 6.45) is 0. The molecule has 0 fully saturated rings. The summed E-state index contributed by atoms with van der Waals surface area (Å²) in [5, 5.41) is -1.66. The van der Waals surface area contributed by atoms with Gasteiger partial charge in [0.1, 0.15) is 34.8 Å². The van der Waals surface area contributed by atoms with Gasteiger partial charge in [-0.15, -0.1) is 0 Å². The highest BCUT2D eigenvalue weighted by molar-refractivity contribution is 6.58. The Balaban J connectivity index is 2.38. The maximum absolute atomic E-state index is 5.58. The number of hydrogen-bond donors (Lipinski definition) is 0. The van der Waals surface area contributed by atoms with E-state index in [0.717, 1.165) is 0 Å². The van der Waals surface area contributed by atoms with Crippen LogP contribution >= 0.6 is 11.6 Å². The van der Waals surface area contributed by atoms with Crippen molar-refractivity contribution < 1.29 is 9.15 Å². The summed E-state index contributed by atoms with van der Waals surface area (Å²) < 4.78 is 10.1. The molecule has 7 heteroatoms. The van der Waals surface area contributed by atoms with Crippen LogP contribution < -0.4 is 4.74 Å². The first kappa shape index (κ1) is 10.5. The Kier molecular flexibility index (Phi) is 2.47. The minimum absolute atomic E-state index is 0.0571. The van der Waals surface area contributed by atoms with Crippen LogP contribution in [-0.4, -0.2) is 33.8 Å². The van der Waals surface area contributed by atoms with Gasteiger partial charge in [0.2, 0.25) is 0 Å². The molecule has 6 radical (unpaired) electrons. The summed E-state index contributed by atoms with van der Waals surface area (Å²) >= 11 is 5.58. The largest absolute Gasteiger partial charge is 0.516 e. The molecule has 1 aromatic heterocycles. The van der Waals surface area contributed by atoms with Crippen molar-refractivity contribution in [3.05, 3.63) is 23.5 Å². The third-order valence-corrected chi connectivity index (χ3v) is 1.79. The van der Waals surface area contributed by atoms with Gasteiger partial charge in [-0.1, -0.05) is 0 Å². The minimum Gasteiger partial charge on any atom is -0.516 e. The molecule has 0 N–H and O–H groups in total. The van der Waals surface area contributed by atoms with E-state index in [1.54, 1.807) is 18.2 Å². The Hall–Kier alpha value is -1.03. The summed E-state index contributed by atoms with van der Waals surface area (Å²) in [6.45, 7) is 0. The second-order valence-electron chi connectivity index (χ2n) is 3.05. The normalized spacial score (nSPS) is 11.8. The second-order valence-corrected chi connectivity index (χ2v) is 3.38. The molecule has 0 aliphatic rings. The number of hydrogen-bond acceptors (Lipinski definition) is 3. The number of ether oxygens (including phenoxy) is 1. The molecule has 3 nitrogen and oxygen atoms in total. The monoisotopic (exact) mass is 213 g/mol. The molecule has 0 bridgehead atoms. The van der Waals surface area contributed by atoms with E-state index in [1.807, 2.05) is 0 Å². The lowest BCUT2D eigenvalue weighted by atomic mass is 9.52. The van der Waals surface area contributed by atoms with Gasteiger partial charge in [0.15, 0.2) is 5.58 Å². The molecular weight excluding hydrogens is 210 g/mol. The van der Waals surface area contributed by atoms with Crippen LogP contribution in [0.4, 0.5) is 0 Å². The van der Waals surface area contributed by atoms with Gasteiger partial charge >= 0.3 is 0 Å². The molecule has 0 unspecified atom stereocenters. The molecule has 0 atom stereocenters. The standard InChI is InChI=1S/C8H3B3ClNO2/c9-8(10,11)15-4-1-2-6-5(3-4)13-7(12)14-6/h1-3H. The SMILES string of the molecule is [B]C([B])([B])Oc1ccc2oc(Cl)nc2c1. The van der Waals surface area contributed by atoms with Crippen LogP contribution in [0.2, 0.25) is 5.35 Å². The van der Waals surface area contributed by atoms with Crippen molar-refractivity contribution in [2.45, 2.75) is 5.30 Å². The van der Waals surface area contributed by atoms with Crippen molar-refractivity contribution in [2.24, 2.45) is 0 Å². The van der Waals surface area contributed by atoms with E-state index in [-0.39, 0.29) is 5.35 Å². The average molecular weight is 213 g/mol. The highest BCUT2D eigenvalue weighted by Gasteiger charge is 2.12. The predicted octanol–water partition coefficient (Wildman–Crippen LogP) is 0.977. The van der Waals surface area contributed by atoms with Crippen molar-refractivity contribution in [1.82, 2.24) is 4.98 Å². The molecule has 2 aromatic rings.